The lowest BCUT2D eigenvalue weighted by Crippen LogP contribution is -2.24. The predicted molar refractivity (Wildman–Crippen MR) is 56.1 cm³/mol. The maximum Gasteiger partial charge on any atom is 0.380 e. The molecule has 1 aliphatic rings. The number of benzene rings is 1. The molecule has 0 spiro atoms. The van der Waals surface area contributed by atoms with Gasteiger partial charge in [-0.25, -0.2) is 4.79 Å². The highest BCUT2D eigenvalue weighted by Gasteiger charge is 2.24. The van der Waals surface area contributed by atoms with Crippen molar-refractivity contribution >= 4 is 11.8 Å². The first-order valence-electron chi connectivity index (χ1n) is 5.15. The molecule has 4 heteroatoms. The van der Waals surface area contributed by atoms with E-state index in [1.54, 1.807) is 30.3 Å². The zero-order chi connectivity index (χ0) is 11.4. The SMILES string of the molecule is O=C(O[C@H]1CCOC1)C(=O)c1ccccc1. The summed E-state index contributed by atoms with van der Waals surface area (Å²) in [5.74, 6) is -1.41. The van der Waals surface area contributed by atoms with Crippen molar-refractivity contribution < 1.29 is 19.1 Å². The zero-order valence-electron chi connectivity index (χ0n) is 8.72. The first-order chi connectivity index (χ1) is 7.77. The lowest BCUT2D eigenvalue weighted by Gasteiger charge is -2.08. The van der Waals surface area contributed by atoms with E-state index in [4.69, 9.17) is 9.47 Å². The van der Waals surface area contributed by atoms with Gasteiger partial charge in [0, 0.05) is 12.0 Å². The predicted octanol–water partition coefficient (Wildman–Crippen LogP) is 1.20. The van der Waals surface area contributed by atoms with E-state index in [2.05, 4.69) is 0 Å². The van der Waals surface area contributed by atoms with Crippen LogP contribution in [0.1, 0.15) is 16.8 Å². The Balaban J connectivity index is 1.97. The second-order valence-electron chi connectivity index (χ2n) is 3.59. The Labute approximate surface area is 93.2 Å². The van der Waals surface area contributed by atoms with Crippen molar-refractivity contribution in [2.24, 2.45) is 0 Å². The molecule has 0 amide bonds. The van der Waals surface area contributed by atoms with Gasteiger partial charge in [-0.3, -0.25) is 4.79 Å². The minimum atomic E-state index is -0.804. The van der Waals surface area contributed by atoms with Crippen LogP contribution in [0.5, 0.6) is 0 Å². The third-order valence-corrected chi connectivity index (χ3v) is 2.38. The van der Waals surface area contributed by atoms with E-state index in [1.807, 2.05) is 0 Å². The number of hydrogen-bond acceptors (Lipinski definition) is 4. The van der Waals surface area contributed by atoms with Crippen molar-refractivity contribution in [1.82, 2.24) is 0 Å². The number of ketones is 1. The summed E-state index contributed by atoms with van der Waals surface area (Å²) in [7, 11) is 0. The second-order valence-corrected chi connectivity index (χ2v) is 3.59. The van der Waals surface area contributed by atoms with Crippen LogP contribution >= 0.6 is 0 Å². The number of carbonyl (C=O) groups excluding carboxylic acids is 2. The highest BCUT2D eigenvalue weighted by molar-refractivity contribution is 6.40. The molecule has 0 aliphatic carbocycles. The molecule has 4 nitrogen and oxygen atoms in total. The van der Waals surface area contributed by atoms with Crippen LogP contribution in [0.15, 0.2) is 30.3 Å². The second kappa shape index (κ2) is 4.90. The third kappa shape index (κ3) is 2.46. The first kappa shape index (κ1) is 10.8. The van der Waals surface area contributed by atoms with Gasteiger partial charge in [0.1, 0.15) is 6.10 Å². The summed E-state index contributed by atoms with van der Waals surface area (Å²) in [6, 6.07) is 8.38. The normalized spacial score (nSPS) is 19.4. The molecule has 84 valence electrons. The molecule has 0 radical (unpaired) electrons. The molecule has 1 aliphatic heterocycles. The van der Waals surface area contributed by atoms with Crippen molar-refractivity contribution in [2.45, 2.75) is 12.5 Å². The quantitative estimate of drug-likeness (QED) is 0.436. The fourth-order valence-corrected chi connectivity index (χ4v) is 1.52. The highest BCUT2D eigenvalue weighted by atomic mass is 16.6. The monoisotopic (exact) mass is 220 g/mol. The Morgan fingerprint density at radius 2 is 2.00 bits per heavy atom. The fourth-order valence-electron chi connectivity index (χ4n) is 1.52. The number of Topliss-reactive ketones (excluding diaryl/α,β-unsaturated/α-hetero) is 1. The zero-order valence-corrected chi connectivity index (χ0v) is 8.72. The van der Waals surface area contributed by atoms with Crippen LogP contribution in [-0.2, 0) is 14.3 Å². The number of ether oxygens (including phenoxy) is 2. The summed E-state index contributed by atoms with van der Waals surface area (Å²) in [6.45, 7) is 0.964. The van der Waals surface area contributed by atoms with Crippen molar-refractivity contribution in [1.29, 1.82) is 0 Å². The van der Waals surface area contributed by atoms with Crippen molar-refractivity contribution in [3.63, 3.8) is 0 Å². The number of esters is 1. The Morgan fingerprint density at radius 3 is 2.62 bits per heavy atom. The van der Waals surface area contributed by atoms with Gasteiger partial charge >= 0.3 is 5.97 Å². The van der Waals surface area contributed by atoms with E-state index in [0.717, 1.165) is 0 Å². The molecular formula is C12H12O4. The van der Waals surface area contributed by atoms with Gasteiger partial charge in [-0.2, -0.15) is 0 Å². The van der Waals surface area contributed by atoms with Crippen LogP contribution in [0.3, 0.4) is 0 Å². The van der Waals surface area contributed by atoms with Gasteiger partial charge in [0.05, 0.1) is 13.2 Å². The van der Waals surface area contributed by atoms with Gasteiger partial charge in [0.2, 0.25) is 0 Å². The highest BCUT2D eigenvalue weighted by Crippen LogP contribution is 2.10. The van der Waals surface area contributed by atoms with Gasteiger partial charge < -0.3 is 9.47 Å². The summed E-state index contributed by atoms with van der Waals surface area (Å²) >= 11 is 0. The molecule has 0 bridgehead atoms. The topological polar surface area (TPSA) is 52.6 Å². The number of hydrogen-bond donors (Lipinski definition) is 0. The lowest BCUT2D eigenvalue weighted by atomic mass is 10.1. The Kier molecular flexibility index (Phi) is 3.31. The van der Waals surface area contributed by atoms with Gasteiger partial charge in [0.25, 0.3) is 5.78 Å². The van der Waals surface area contributed by atoms with Gasteiger partial charge in [-0.05, 0) is 0 Å². The molecule has 2 rings (SSSR count). The van der Waals surface area contributed by atoms with Crippen LogP contribution in [0.25, 0.3) is 0 Å². The smallest absolute Gasteiger partial charge is 0.380 e. The lowest BCUT2D eigenvalue weighted by molar-refractivity contribution is -0.143. The van der Waals surface area contributed by atoms with Crippen LogP contribution in [0.4, 0.5) is 0 Å². The largest absolute Gasteiger partial charge is 0.454 e. The molecule has 1 atom stereocenters. The Bertz CT molecular complexity index is 379. The van der Waals surface area contributed by atoms with E-state index in [-0.39, 0.29) is 6.10 Å². The van der Waals surface area contributed by atoms with Crippen molar-refractivity contribution in [3.05, 3.63) is 35.9 Å². The standard InChI is InChI=1S/C12H12O4/c13-11(9-4-2-1-3-5-9)12(14)16-10-6-7-15-8-10/h1-5,10H,6-8H2/t10-/m0/s1. The summed E-state index contributed by atoms with van der Waals surface area (Å²) in [6.07, 6.45) is 0.383. The van der Waals surface area contributed by atoms with E-state index in [9.17, 15) is 9.59 Å². The first-order valence-corrected chi connectivity index (χ1v) is 5.15. The molecule has 0 aromatic heterocycles. The maximum absolute atomic E-state index is 11.6. The minimum absolute atomic E-state index is 0.278. The fraction of sp³-hybridized carbons (Fsp3) is 0.333. The third-order valence-electron chi connectivity index (χ3n) is 2.38. The summed E-state index contributed by atoms with van der Waals surface area (Å²) in [5.41, 5.74) is 0.353. The molecular weight excluding hydrogens is 208 g/mol. The summed E-state index contributed by atoms with van der Waals surface area (Å²) in [4.78, 5) is 23.1. The van der Waals surface area contributed by atoms with E-state index < -0.39 is 11.8 Å². The Hall–Kier alpha value is -1.68. The molecule has 16 heavy (non-hydrogen) atoms. The number of rotatable bonds is 3. The van der Waals surface area contributed by atoms with Crippen LogP contribution in [-0.4, -0.2) is 31.1 Å². The van der Waals surface area contributed by atoms with Crippen molar-refractivity contribution in [3.8, 4) is 0 Å². The average Bonchev–Trinajstić information content (AvgIpc) is 2.82. The van der Waals surface area contributed by atoms with E-state index >= 15 is 0 Å². The molecule has 1 aromatic carbocycles. The van der Waals surface area contributed by atoms with Crippen LogP contribution < -0.4 is 0 Å². The average molecular weight is 220 g/mol. The van der Waals surface area contributed by atoms with Gasteiger partial charge in [0.15, 0.2) is 0 Å². The van der Waals surface area contributed by atoms with Crippen molar-refractivity contribution in [2.75, 3.05) is 13.2 Å². The number of carbonyl (C=O) groups is 2. The minimum Gasteiger partial charge on any atom is -0.454 e. The summed E-state index contributed by atoms with van der Waals surface area (Å²) < 4.78 is 10.1. The molecule has 1 heterocycles. The molecule has 0 N–H and O–H groups in total. The van der Waals surface area contributed by atoms with Crippen LogP contribution in [0, 0.1) is 0 Å². The summed E-state index contributed by atoms with van der Waals surface area (Å²) in [5, 5.41) is 0. The molecule has 0 saturated carbocycles. The molecule has 1 saturated heterocycles. The maximum atomic E-state index is 11.6. The van der Waals surface area contributed by atoms with Crippen LogP contribution in [0.2, 0.25) is 0 Å². The van der Waals surface area contributed by atoms with E-state index in [0.29, 0.717) is 25.2 Å². The molecule has 1 fully saturated rings. The van der Waals surface area contributed by atoms with Gasteiger partial charge in [-0.15, -0.1) is 0 Å². The Morgan fingerprint density at radius 1 is 1.25 bits per heavy atom. The van der Waals surface area contributed by atoms with Gasteiger partial charge in [-0.1, -0.05) is 30.3 Å². The molecule has 0 unspecified atom stereocenters. The van der Waals surface area contributed by atoms with E-state index in [1.165, 1.54) is 0 Å². The molecule has 1 aromatic rings.